The maximum absolute atomic E-state index is 12.2. The van der Waals surface area contributed by atoms with Crippen LogP contribution in [-0.2, 0) is 6.54 Å². The first-order chi connectivity index (χ1) is 11.2. The molecule has 0 unspecified atom stereocenters. The molecule has 1 saturated heterocycles. The standard InChI is InChI=1S/C16H20N4O3/c1-11-2-3-13(23-11)8-20-7-12(10-21)15(9-20)19-16(22)14-6-17-4-5-18-14/h2-6,12,15,21H,7-10H2,1H3,(H,19,22)/t12-,15+/m0/s1. The third kappa shape index (κ3) is 3.75. The molecule has 3 heterocycles. The van der Waals surface area contributed by atoms with E-state index in [1.807, 2.05) is 19.1 Å². The first kappa shape index (κ1) is 15.6. The van der Waals surface area contributed by atoms with E-state index in [0.717, 1.165) is 11.5 Å². The van der Waals surface area contributed by atoms with Gasteiger partial charge in [0.1, 0.15) is 17.2 Å². The summed E-state index contributed by atoms with van der Waals surface area (Å²) in [5, 5.41) is 12.5. The number of aliphatic hydroxyl groups is 1. The van der Waals surface area contributed by atoms with Crippen LogP contribution in [0.4, 0.5) is 0 Å². The van der Waals surface area contributed by atoms with Crippen molar-refractivity contribution in [2.24, 2.45) is 5.92 Å². The minimum absolute atomic E-state index is 0.00770. The lowest BCUT2D eigenvalue weighted by atomic mass is 10.1. The fourth-order valence-electron chi connectivity index (χ4n) is 2.89. The number of hydrogen-bond acceptors (Lipinski definition) is 6. The van der Waals surface area contributed by atoms with Gasteiger partial charge in [0.15, 0.2) is 0 Å². The summed E-state index contributed by atoms with van der Waals surface area (Å²) in [4.78, 5) is 22.3. The SMILES string of the molecule is Cc1ccc(CN2C[C@@H](CO)[C@H](NC(=O)c3cnccn3)C2)o1. The Bertz CT molecular complexity index is 658. The van der Waals surface area contributed by atoms with Gasteiger partial charge < -0.3 is 14.8 Å². The Morgan fingerprint density at radius 1 is 1.43 bits per heavy atom. The van der Waals surface area contributed by atoms with E-state index < -0.39 is 0 Å². The van der Waals surface area contributed by atoms with Crippen molar-refractivity contribution in [3.05, 3.63) is 47.9 Å². The number of carbonyl (C=O) groups excluding carboxylic acids is 1. The van der Waals surface area contributed by atoms with Gasteiger partial charge in [0, 0.05) is 44.0 Å². The lowest BCUT2D eigenvalue weighted by Gasteiger charge is -2.17. The second-order valence-corrected chi connectivity index (χ2v) is 5.82. The lowest BCUT2D eigenvalue weighted by Crippen LogP contribution is -2.41. The molecule has 0 spiro atoms. The number of carbonyl (C=O) groups is 1. The van der Waals surface area contributed by atoms with Gasteiger partial charge in [0.05, 0.1) is 12.7 Å². The van der Waals surface area contributed by atoms with Gasteiger partial charge in [-0.05, 0) is 19.1 Å². The monoisotopic (exact) mass is 316 g/mol. The number of aryl methyl sites for hydroxylation is 1. The topological polar surface area (TPSA) is 91.5 Å². The molecule has 0 aromatic carbocycles. The van der Waals surface area contributed by atoms with Gasteiger partial charge in [-0.15, -0.1) is 0 Å². The second-order valence-electron chi connectivity index (χ2n) is 5.82. The number of aromatic nitrogens is 2. The molecule has 1 fully saturated rings. The van der Waals surface area contributed by atoms with Crippen molar-refractivity contribution in [2.45, 2.75) is 19.5 Å². The zero-order valence-electron chi connectivity index (χ0n) is 13.0. The minimum atomic E-state index is -0.266. The van der Waals surface area contributed by atoms with Crippen LogP contribution in [-0.4, -0.2) is 51.6 Å². The second kappa shape index (κ2) is 6.89. The Labute approximate surface area is 134 Å². The Morgan fingerprint density at radius 3 is 2.96 bits per heavy atom. The fourth-order valence-corrected chi connectivity index (χ4v) is 2.89. The van der Waals surface area contributed by atoms with E-state index in [2.05, 4.69) is 20.2 Å². The molecule has 23 heavy (non-hydrogen) atoms. The van der Waals surface area contributed by atoms with Crippen LogP contribution in [0.15, 0.2) is 35.1 Å². The van der Waals surface area contributed by atoms with Gasteiger partial charge in [0.25, 0.3) is 5.91 Å². The highest BCUT2D eigenvalue weighted by Crippen LogP contribution is 2.20. The Hall–Kier alpha value is -2.25. The number of hydrogen-bond donors (Lipinski definition) is 2. The summed E-state index contributed by atoms with van der Waals surface area (Å²) >= 11 is 0. The smallest absolute Gasteiger partial charge is 0.271 e. The molecule has 2 N–H and O–H groups in total. The van der Waals surface area contributed by atoms with Crippen LogP contribution in [0.2, 0.25) is 0 Å². The number of likely N-dealkylation sites (tertiary alicyclic amines) is 1. The van der Waals surface area contributed by atoms with Crippen molar-refractivity contribution < 1.29 is 14.3 Å². The van der Waals surface area contributed by atoms with Crippen LogP contribution in [0, 0.1) is 12.8 Å². The summed E-state index contributed by atoms with van der Waals surface area (Å²) in [7, 11) is 0. The van der Waals surface area contributed by atoms with Crippen LogP contribution < -0.4 is 5.32 Å². The van der Waals surface area contributed by atoms with Gasteiger partial charge in [-0.25, -0.2) is 4.98 Å². The van der Waals surface area contributed by atoms with Crippen molar-refractivity contribution in [2.75, 3.05) is 19.7 Å². The quantitative estimate of drug-likeness (QED) is 0.839. The number of nitrogens with one attached hydrogen (secondary N) is 1. The summed E-state index contributed by atoms with van der Waals surface area (Å²) in [6.45, 7) is 3.98. The highest BCUT2D eigenvalue weighted by Gasteiger charge is 2.34. The summed E-state index contributed by atoms with van der Waals surface area (Å²) in [6.07, 6.45) is 4.44. The van der Waals surface area contributed by atoms with E-state index in [1.54, 1.807) is 0 Å². The molecule has 0 aliphatic carbocycles. The third-order valence-corrected chi connectivity index (χ3v) is 4.04. The van der Waals surface area contributed by atoms with E-state index >= 15 is 0 Å². The molecule has 0 radical (unpaired) electrons. The minimum Gasteiger partial charge on any atom is -0.465 e. The van der Waals surface area contributed by atoms with E-state index in [0.29, 0.717) is 19.6 Å². The summed E-state index contributed by atoms with van der Waals surface area (Å²) < 4.78 is 5.59. The molecule has 7 heteroatoms. The van der Waals surface area contributed by atoms with Crippen molar-refractivity contribution in [1.29, 1.82) is 0 Å². The summed E-state index contributed by atoms with van der Waals surface area (Å²) in [6, 6.07) is 3.77. The third-order valence-electron chi connectivity index (χ3n) is 4.04. The lowest BCUT2D eigenvalue weighted by molar-refractivity contribution is 0.0915. The van der Waals surface area contributed by atoms with Gasteiger partial charge in [0.2, 0.25) is 0 Å². The average molecular weight is 316 g/mol. The van der Waals surface area contributed by atoms with Crippen molar-refractivity contribution in [3.63, 3.8) is 0 Å². The molecule has 0 bridgehead atoms. The molecule has 2 aromatic rings. The summed E-state index contributed by atoms with van der Waals surface area (Å²) in [5.74, 6) is 1.49. The zero-order valence-corrected chi connectivity index (χ0v) is 13.0. The van der Waals surface area contributed by atoms with Crippen LogP contribution in [0.25, 0.3) is 0 Å². The fraction of sp³-hybridized carbons (Fsp3) is 0.438. The average Bonchev–Trinajstić information content (AvgIpc) is 3.14. The van der Waals surface area contributed by atoms with E-state index in [9.17, 15) is 9.90 Å². The highest BCUT2D eigenvalue weighted by molar-refractivity contribution is 5.92. The van der Waals surface area contributed by atoms with Crippen LogP contribution in [0.5, 0.6) is 0 Å². The number of aliphatic hydroxyl groups excluding tert-OH is 1. The van der Waals surface area contributed by atoms with Gasteiger partial charge in [-0.3, -0.25) is 14.7 Å². The predicted molar refractivity (Wildman–Crippen MR) is 82.6 cm³/mol. The molecule has 122 valence electrons. The highest BCUT2D eigenvalue weighted by atomic mass is 16.3. The molecule has 2 atom stereocenters. The van der Waals surface area contributed by atoms with E-state index in [-0.39, 0.29) is 30.2 Å². The molecule has 3 rings (SSSR count). The number of nitrogens with zero attached hydrogens (tertiary/aromatic N) is 3. The Balaban J connectivity index is 1.61. The molecule has 1 aliphatic heterocycles. The molecule has 7 nitrogen and oxygen atoms in total. The molecule has 1 aliphatic rings. The largest absolute Gasteiger partial charge is 0.465 e. The van der Waals surface area contributed by atoms with E-state index in [4.69, 9.17) is 4.42 Å². The van der Waals surface area contributed by atoms with Crippen molar-refractivity contribution in [1.82, 2.24) is 20.2 Å². The normalized spacial score (nSPS) is 21.5. The predicted octanol–water partition coefficient (Wildman–Crippen LogP) is 0.601. The van der Waals surface area contributed by atoms with Crippen LogP contribution in [0.3, 0.4) is 0 Å². The van der Waals surface area contributed by atoms with Crippen LogP contribution in [0.1, 0.15) is 22.0 Å². The first-order valence-electron chi connectivity index (χ1n) is 7.61. The number of furan rings is 1. The molecule has 0 saturated carbocycles. The molecular weight excluding hydrogens is 296 g/mol. The van der Waals surface area contributed by atoms with Gasteiger partial charge >= 0.3 is 0 Å². The van der Waals surface area contributed by atoms with Crippen LogP contribution >= 0.6 is 0 Å². The van der Waals surface area contributed by atoms with E-state index in [1.165, 1.54) is 18.6 Å². The Morgan fingerprint density at radius 2 is 2.30 bits per heavy atom. The molecular formula is C16H20N4O3. The summed E-state index contributed by atoms with van der Waals surface area (Å²) in [5.41, 5.74) is 0.282. The maximum atomic E-state index is 12.2. The first-order valence-corrected chi connectivity index (χ1v) is 7.61. The zero-order chi connectivity index (χ0) is 16.2. The number of amides is 1. The van der Waals surface area contributed by atoms with Gasteiger partial charge in [-0.1, -0.05) is 0 Å². The van der Waals surface area contributed by atoms with Gasteiger partial charge in [-0.2, -0.15) is 0 Å². The molecule has 1 amide bonds. The number of rotatable bonds is 5. The maximum Gasteiger partial charge on any atom is 0.271 e. The van der Waals surface area contributed by atoms with Crippen molar-refractivity contribution >= 4 is 5.91 Å². The van der Waals surface area contributed by atoms with Crippen molar-refractivity contribution in [3.8, 4) is 0 Å². The molecule has 2 aromatic heterocycles. The Kier molecular flexibility index (Phi) is 4.68.